The average Bonchev–Trinajstić information content (AvgIpc) is 3.51. The number of aliphatic hydroxyl groups is 1. The van der Waals surface area contributed by atoms with Crippen LogP contribution < -0.4 is 10.9 Å². The Kier molecular flexibility index (Phi) is 6.96. The van der Waals surface area contributed by atoms with E-state index in [0.717, 1.165) is 43.5 Å². The lowest BCUT2D eigenvalue weighted by molar-refractivity contribution is 0.0738. The third-order valence-electron chi connectivity index (χ3n) is 7.93. The highest BCUT2D eigenvalue weighted by Gasteiger charge is 2.23. The van der Waals surface area contributed by atoms with Gasteiger partial charge in [-0.25, -0.2) is 19.3 Å². The van der Waals surface area contributed by atoms with Gasteiger partial charge in [0.15, 0.2) is 11.5 Å². The van der Waals surface area contributed by atoms with Crippen molar-refractivity contribution in [1.82, 2.24) is 33.8 Å². The van der Waals surface area contributed by atoms with Crippen LogP contribution in [0.2, 0.25) is 0 Å². The molecule has 4 aromatic heterocycles. The Hall–Kier alpha value is -4.28. The van der Waals surface area contributed by atoms with Crippen LogP contribution >= 0.6 is 0 Å². The van der Waals surface area contributed by atoms with Crippen molar-refractivity contribution >= 4 is 33.6 Å². The first-order valence-electron chi connectivity index (χ1n) is 14.2. The van der Waals surface area contributed by atoms with Gasteiger partial charge < -0.3 is 19.9 Å². The lowest BCUT2D eigenvalue weighted by atomic mass is 10.0. The Morgan fingerprint density at radius 2 is 1.95 bits per heavy atom. The highest BCUT2D eigenvalue weighted by Crippen LogP contribution is 2.30. The van der Waals surface area contributed by atoms with Crippen molar-refractivity contribution in [3.8, 4) is 5.82 Å². The van der Waals surface area contributed by atoms with Gasteiger partial charge in [0.25, 0.3) is 5.56 Å². The molecule has 1 aliphatic rings. The lowest BCUT2D eigenvalue weighted by Gasteiger charge is -2.32. The van der Waals surface area contributed by atoms with Crippen LogP contribution in [-0.2, 0) is 12.1 Å². The maximum atomic E-state index is 13.3. The van der Waals surface area contributed by atoms with Gasteiger partial charge in [-0.3, -0.25) is 4.79 Å². The summed E-state index contributed by atoms with van der Waals surface area (Å²) in [5.41, 5.74) is 1.59. The molecule has 6 rings (SSSR count). The maximum absolute atomic E-state index is 13.3. The molecule has 0 atom stereocenters. The summed E-state index contributed by atoms with van der Waals surface area (Å²) in [6, 6.07) is 14.3. The van der Waals surface area contributed by atoms with Crippen LogP contribution in [0.4, 0.5) is 11.6 Å². The SMILES string of the molecule is C=CCn1c(=O)c2cnc(Nc3ccc4c(ccn4C4CCN(CC)CC4)c3)nc2n1-c1cccc(C(C)(C)O)n1. The molecule has 0 amide bonds. The Labute approximate surface area is 238 Å². The first-order chi connectivity index (χ1) is 19.8. The average molecular weight is 553 g/mol. The predicted molar refractivity (Wildman–Crippen MR) is 162 cm³/mol. The van der Waals surface area contributed by atoms with E-state index in [-0.39, 0.29) is 12.1 Å². The fourth-order valence-corrected chi connectivity index (χ4v) is 5.69. The molecule has 0 unspecified atom stereocenters. The number of pyridine rings is 1. The Morgan fingerprint density at radius 1 is 1.15 bits per heavy atom. The number of rotatable bonds is 8. The van der Waals surface area contributed by atoms with Gasteiger partial charge in [-0.1, -0.05) is 19.1 Å². The minimum atomic E-state index is -1.14. The molecule has 1 aliphatic heterocycles. The number of anilines is 2. The molecule has 212 valence electrons. The van der Waals surface area contributed by atoms with Crippen LogP contribution in [-0.4, -0.2) is 58.5 Å². The molecule has 2 N–H and O–H groups in total. The van der Waals surface area contributed by atoms with E-state index in [4.69, 9.17) is 4.98 Å². The second kappa shape index (κ2) is 10.6. The van der Waals surface area contributed by atoms with E-state index < -0.39 is 5.60 Å². The van der Waals surface area contributed by atoms with Crippen LogP contribution in [0.3, 0.4) is 0 Å². The molecular formula is C31H36N8O2. The van der Waals surface area contributed by atoms with Crippen molar-refractivity contribution in [3.63, 3.8) is 0 Å². The summed E-state index contributed by atoms with van der Waals surface area (Å²) in [6.45, 7) is 13.0. The molecule has 1 saturated heterocycles. The van der Waals surface area contributed by atoms with Crippen molar-refractivity contribution < 1.29 is 5.11 Å². The molecule has 0 spiro atoms. The van der Waals surface area contributed by atoms with Gasteiger partial charge in [0, 0.05) is 48.1 Å². The number of likely N-dealkylation sites (tertiary alicyclic amines) is 1. The molecular weight excluding hydrogens is 516 g/mol. The molecule has 0 radical (unpaired) electrons. The number of hydrogen-bond acceptors (Lipinski definition) is 7. The third-order valence-corrected chi connectivity index (χ3v) is 7.93. The second-order valence-electron chi connectivity index (χ2n) is 11.1. The molecule has 1 aromatic carbocycles. The Morgan fingerprint density at radius 3 is 2.68 bits per heavy atom. The minimum absolute atomic E-state index is 0.241. The molecule has 5 heterocycles. The fraction of sp³-hybridized carbons (Fsp3) is 0.355. The number of piperidine rings is 1. The van der Waals surface area contributed by atoms with E-state index in [1.165, 1.54) is 10.2 Å². The van der Waals surface area contributed by atoms with Crippen molar-refractivity contribution in [1.29, 1.82) is 0 Å². The monoisotopic (exact) mass is 552 g/mol. The molecule has 5 aromatic rings. The standard InChI is InChI=1S/C31H36N8O2/c1-5-15-38-29(40)24-20-32-30(35-28(24)39(38)27-9-7-8-26(34-27)31(3,4)41)33-22-10-11-25-21(19-22)12-18-37(25)23-13-16-36(6-2)17-14-23/h5,7-12,18-20,23,41H,1,6,13-17H2,2-4H3,(H,32,33,35). The summed E-state index contributed by atoms with van der Waals surface area (Å²) >= 11 is 0. The number of benzene rings is 1. The largest absolute Gasteiger partial charge is 0.384 e. The first-order valence-corrected chi connectivity index (χ1v) is 14.2. The van der Waals surface area contributed by atoms with Gasteiger partial charge >= 0.3 is 0 Å². The van der Waals surface area contributed by atoms with Crippen LogP contribution in [0.25, 0.3) is 27.8 Å². The van der Waals surface area contributed by atoms with Gasteiger partial charge in [-0.05, 0) is 69.6 Å². The van der Waals surface area contributed by atoms with Gasteiger partial charge in [0.1, 0.15) is 11.0 Å². The van der Waals surface area contributed by atoms with Crippen molar-refractivity contribution in [2.24, 2.45) is 0 Å². The number of nitrogens with one attached hydrogen (secondary N) is 1. The van der Waals surface area contributed by atoms with Gasteiger partial charge in [-0.15, -0.1) is 6.58 Å². The lowest BCUT2D eigenvalue weighted by Crippen LogP contribution is -2.34. The summed E-state index contributed by atoms with van der Waals surface area (Å²) in [5.74, 6) is 0.835. The van der Waals surface area contributed by atoms with Crippen molar-refractivity contribution in [2.45, 2.75) is 51.8 Å². The molecule has 10 nitrogen and oxygen atoms in total. The summed E-state index contributed by atoms with van der Waals surface area (Å²) in [5, 5.41) is 15.4. The highest BCUT2D eigenvalue weighted by atomic mass is 16.3. The van der Waals surface area contributed by atoms with E-state index in [0.29, 0.717) is 34.5 Å². The predicted octanol–water partition coefficient (Wildman–Crippen LogP) is 4.75. The van der Waals surface area contributed by atoms with Gasteiger partial charge in [0.2, 0.25) is 5.95 Å². The third kappa shape index (κ3) is 5.05. The zero-order chi connectivity index (χ0) is 28.7. The Bertz CT molecular complexity index is 1780. The van der Waals surface area contributed by atoms with E-state index >= 15 is 0 Å². The second-order valence-corrected chi connectivity index (χ2v) is 11.1. The molecule has 10 heteroatoms. The van der Waals surface area contributed by atoms with Crippen LogP contribution in [0, 0.1) is 0 Å². The van der Waals surface area contributed by atoms with Crippen molar-refractivity contribution in [3.05, 3.63) is 83.6 Å². The van der Waals surface area contributed by atoms with E-state index in [9.17, 15) is 9.90 Å². The van der Waals surface area contributed by atoms with Crippen molar-refractivity contribution in [2.75, 3.05) is 25.0 Å². The molecule has 1 fully saturated rings. The molecule has 41 heavy (non-hydrogen) atoms. The van der Waals surface area contributed by atoms with Gasteiger partial charge in [0.05, 0.1) is 12.2 Å². The van der Waals surface area contributed by atoms with Crippen LogP contribution in [0.5, 0.6) is 0 Å². The number of aromatic nitrogens is 6. The van der Waals surface area contributed by atoms with Crippen LogP contribution in [0.1, 0.15) is 45.3 Å². The zero-order valence-corrected chi connectivity index (χ0v) is 23.8. The topological polar surface area (TPSA) is 106 Å². The number of fused-ring (bicyclic) bond motifs is 2. The smallest absolute Gasteiger partial charge is 0.278 e. The zero-order valence-electron chi connectivity index (χ0n) is 23.8. The Balaban J connectivity index is 1.35. The normalized spacial score (nSPS) is 15.1. The molecule has 0 aliphatic carbocycles. The summed E-state index contributed by atoms with van der Waals surface area (Å²) in [7, 11) is 0. The maximum Gasteiger partial charge on any atom is 0.278 e. The summed E-state index contributed by atoms with van der Waals surface area (Å²) in [6.07, 6.45) is 7.70. The fourth-order valence-electron chi connectivity index (χ4n) is 5.69. The number of hydrogen-bond donors (Lipinski definition) is 2. The van der Waals surface area contributed by atoms with Gasteiger partial charge in [-0.2, -0.15) is 4.98 Å². The number of allylic oxidation sites excluding steroid dienone is 1. The highest BCUT2D eigenvalue weighted by molar-refractivity contribution is 5.85. The van der Waals surface area contributed by atoms with E-state index in [1.54, 1.807) is 49.0 Å². The quantitative estimate of drug-likeness (QED) is 0.268. The molecule has 0 bridgehead atoms. The summed E-state index contributed by atoms with van der Waals surface area (Å²) < 4.78 is 5.59. The summed E-state index contributed by atoms with van der Waals surface area (Å²) in [4.78, 5) is 29.7. The van der Waals surface area contributed by atoms with E-state index in [2.05, 4.69) is 62.7 Å². The minimum Gasteiger partial charge on any atom is -0.384 e. The molecule has 0 saturated carbocycles. The van der Waals surface area contributed by atoms with Crippen LogP contribution in [0.15, 0.2) is 72.3 Å². The van der Waals surface area contributed by atoms with E-state index in [1.807, 2.05) is 6.07 Å². The first kappa shape index (κ1) is 26.9. The number of nitrogens with zero attached hydrogens (tertiary/aromatic N) is 7.